The molecule has 0 aliphatic heterocycles. The molecule has 0 saturated heterocycles. The fourth-order valence-electron chi connectivity index (χ4n) is 5.86. The Labute approximate surface area is 214 Å². The third kappa shape index (κ3) is 3.03. The van der Waals surface area contributed by atoms with Gasteiger partial charge in [0.05, 0.1) is 22.2 Å². The number of benzene rings is 6. The number of para-hydroxylation sites is 1. The SMILES string of the molecule is c1ccc2cc(-c3ccc4c(c3)c3ccccc3n4-c3cccc4ccc5cccnc5c34)ccc2c1. The van der Waals surface area contributed by atoms with E-state index in [9.17, 15) is 0 Å². The Bertz CT molecular complexity index is 2150. The highest BCUT2D eigenvalue weighted by Gasteiger charge is 2.16. The Morgan fingerprint density at radius 1 is 0.459 bits per heavy atom. The molecule has 0 bridgehead atoms. The summed E-state index contributed by atoms with van der Waals surface area (Å²) in [6.07, 6.45) is 1.89. The Morgan fingerprint density at radius 2 is 1.16 bits per heavy atom. The summed E-state index contributed by atoms with van der Waals surface area (Å²) in [6, 6.07) is 45.9. The summed E-state index contributed by atoms with van der Waals surface area (Å²) >= 11 is 0. The van der Waals surface area contributed by atoms with E-state index >= 15 is 0 Å². The molecule has 2 nitrogen and oxygen atoms in total. The van der Waals surface area contributed by atoms with Crippen LogP contribution in [0.4, 0.5) is 0 Å². The van der Waals surface area contributed by atoms with Crippen molar-refractivity contribution in [1.82, 2.24) is 9.55 Å². The number of fused-ring (bicyclic) bond motifs is 7. The molecule has 0 aliphatic rings. The second-order valence-corrected chi connectivity index (χ2v) is 9.66. The Morgan fingerprint density at radius 3 is 2.14 bits per heavy atom. The van der Waals surface area contributed by atoms with Crippen molar-refractivity contribution in [2.75, 3.05) is 0 Å². The Balaban J connectivity index is 1.44. The summed E-state index contributed by atoms with van der Waals surface area (Å²) in [5, 5.41) is 8.57. The monoisotopic (exact) mass is 470 g/mol. The smallest absolute Gasteiger partial charge is 0.0801 e. The van der Waals surface area contributed by atoms with Gasteiger partial charge in [0, 0.05) is 27.7 Å². The fraction of sp³-hybridized carbons (Fsp3) is 0. The van der Waals surface area contributed by atoms with Crippen LogP contribution in [0.1, 0.15) is 0 Å². The van der Waals surface area contributed by atoms with Crippen molar-refractivity contribution in [3.05, 3.63) is 134 Å². The molecule has 0 fully saturated rings. The van der Waals surface area contributed by atoms with E-state index in [-0.39, 0.29) is 0 Å². The highest BCUT2D eigenvalue weighted by molar-refractivity contribution is 6.15. The molecule has 2 aromatic heterocycles. The van der Waals surface area contributed by atoms with Crippen molar-refractivity contribution in [1.29, 1.82) is 0 Å². The Kier molecular flexibility index (Phi) is 4.26. The maximum absolute atomic E-state index is 4.81. The van der Waals surface area contributed by atoms with Gasteiger partial charge in [-0.15, -0.1) is 0 Å². The number of nitrogens with zero attached hydrogens (tertiary/aromatic N) is 2. The minimum absolute atomic E-state index is 1.04. The number of rotatable bonds is 2. The molecule has 0 aliphatic carbocycles. The fourth-order valence-corrected chi connectivity index (χ4v) is 5.86. The second kappa shape index (κ2) is 7.78. The van der Waals surface area contributed by atoms with Crippen LogP contribution in [0.3, 0.4) is 0 Å². The molecule has 0 radical (unpaired) electrons. The van der Waals surface area contributed by atoms with Crippen molar-refractivity contribution in [3.63, 3.8) is 0 Å². The molecule has 0 spiro atoms. The third-order valence-corrected chi connectivity index (χ3v) is 7.59. The standard InChI is InChI=1S/C35H22N2/c1-2-8-26-21-27(17-14-23(26)7-1)28-18-19-32-30(22-28)29-11-3-4-12-31(29)37(32)33-13-5-9-24-15-16-25-10-6-20-36-35(25)34(24)33/h1-22H. The first-order chi connectivity index (χ1) is 18.3. The van der Waals surface area contributed by atoms with Gasteiger partial charge in [0.15, 0.2) is 0 Å². The van der Waals surface area contributed by atoms with E-state index in [1.54, 1.807) is 0 Å². The normalized spacial score (nSPS) is 11.8. The summed E-state index contributed by atoms with van der Waals surface area (Å²) in [4.78, 5) is 4.81. The maximum atomic E-state index is 4.81. The zero-order valence-corrected chi connectivity index (χ0v) is 20.1. The summed E-state index contributed by atoms with van der Waals surface area (Å²) in [7, 11) is 0. The van der Waals surface area contributed by atoms with Gasteiger partial charge in [0.1, 0.15) is 0 Å². The molecule has 0 saturated carbocycles. The van der Waals surface area contributed by atoms with E-state index in [1.165, 1.54) is 54.5 Å². The van der Waals surface area contributed by atoms with Crippen LogP contribution in [0, 0.1) is 0 Å². The van der Waals surface area contributed by atoms with Gasteiger partial charge in [-0.2, -0.15) is 0 Å². The quantitative estimate of drug-likeness (QED) is 0.230. The summed E-state index contributed by atoms with van der Waals surface area (Å²) < 4.78 is 2.41. The lowest BCUT2D eigenvalue weighted by atomic mass is 9.99. The van der Waals surface area contributed by atoms with Crippen LogP contribution < -0.4 is 0 Å². The van der Waals surface area contributed by atoms with Crippen LogP contribution in [-0.2, 0) is 0 Å². The maximum Gasteiger partial charge on any atom is 0.0801 e. The predicted molar refractivity (Wildman–Crippen MR) is 157 cm³/mol. The van der Waals surface area contributed by atoms with Crippen LogP contribution in [0.25, 0.3) is 71.1 Å². The number of aromatic nitrogens is 2. The van der Waals surface area contributed by atoms with E-state index < -0.39 is 0 Å². The molecule has 0 atom stereocenters. The molecule has 172 valence electrons. The van der Waals surface area contributed by atoms with Gasteiger partial charge in [0.2, 0.25) is 0 Å². The van der Waals surface area contributed by atoms with Crippen LogP contribution in [0.15, 0.2) is 134 Å². The third-order valence-electron chi connectivity index (χ3n) is 7.59. The van der Waals surface area contributed by atoms with E-state index in [0.29, 0.717) is 0 Å². The zero-order valence-electron chi connectivity index (χ0n) is 20.1. The predicted octanol–water partition coefficient (Wildman–Crippen LogP) is 9.31. The van der Waals surface area contributed by atoms with Gasteiger partial charge < -0.3 is 4.57 Å². The van der Waals surface area contributed by atoms with Crippen molar-refractivity contribution in [2.24, 2.45) is 0 Å². The van der Waals surface area contributed by atoms with Gasteiger partial charge in [0.25, 0.3) is 0 Å². The lowest BCUT2D eigenvalue weighted by molar-refractivity contribution is 1.20. The largest absolute Gasteiger partial charge is 0.309 e. The van der Waals surface area contributed by atoms with Crippen molar-refractivity contribution in [2.45, 2.75) is 0 Å². The van der Waals surface area contributed by atoms with Crippen LogP contribution in [-0.4, -0.2) is 9.55 Å². The number of hydrogen-bond donors (Lipinski definition) is 0. The Hall–Kier alpha value is -4.95. The molecular weight excluding hydrogens is 448 g/mol. The second-order valence-electron chi connectivity index (χ2n) is 9.66. The average Bonchev–Trinajstić information content (AvgIpc) is 3.30. The topological polar surface area (TPSA) is 17.8 Å². The molecule has 8 aromatic rings. The minimum Gasteiger partial charge on any atom is -0.309 e. The molecular formula is C35H22N2. The molecule has 0 amide bonds. The van der Waals surface area contributed by atoms with Gasteiger partial charge in [-0.05, 0) is 63.7 Å². The van der Waals surface area contributed by atoms with Gasteiger partial charge in [-0.1, -0.05) is 91.0 Å². The van der Waals surface area contributed by atoms with E-state index in [2.05, 4.69) is 126 Å². The first-order valence-electron chi connectivity index (χ1n) is 12.6. The zero-order chi connectivity index (χ0) is 24.3. The molecule has 0 N–H and O–H groups in total. The first kappa shape index (κ1) is 20.3. The molecule has 6 aromatic carbocycles. The molecule has 37 heavy (non-hydrogen) atoms. The lowest BCUT2D eigenvalue weighted by Gasteiger charge is -2.13. The number of hydrogen-bond acceptors (Lipinski definition) is 1. The average molecular weight is 471 g/mol. The van der Waals surface area contributed by atoms with E-state index in [4.69, 9.17) is 4.98 Å². The summed E-state index contributed by atoms with van der Waals surface area (Å²) in [5.41, 5.74) is 7.06. The minimum atomic E-state index is 1.04. The van der Waals surface area contributed by atoms with E-state index in [1.807, 2.05) is 12.3 Å². The molecule has 2 heteroatoms. The molecule has 8 rings (SSSR count). The highest BCUT2D eigenvalue weighted by Crippen LogP contribution is 2.38. The van der Waals surface area contributed by atoms with Crippen molar-refractivity contribution in [3.8, 4) is 16.8 Å². The summed E-state index contributed by atoms with van der Waals surface area (Å²) in [5.74, 6) is 0. The van der Waals surface area contributed by atoms with Gasteiger partial charge in [-0.3, -0.25) is 4.98 Å². The lowest BCUT2D eigenvalue weighted by Crippen LogP contribution is -1.96. The molecule has 0 unspecified atom stereocenters. The first-order valence-corrected chi connectivity index (χ1v) is 12.6. The van der Waals surface area contributed by atoms with Gasteiger partial charge >= 0.3 is 0 Å². The van der Waals surface area contributed by atoms with Crippen molar-refractivity contribution >= 4 is 54.3 Å². The summed E-state index contributed by atoms with van der Waals surface area (Å²) in [6.45, 7) is 0. The van der Waals surface area contributed by atoms with Crippen LogP contribution >= 0.6 is 0 Å². The molecule has 2 heterocycles. The van der Waals surface area contributed by atoms with Crippen molar-refractivity contribution < 1.29 is 0 Å². The van der Waals surface area contributed by atoms with Crippen LogP contribution in [0.2, 0.25) is 0 Å². The van der Waals surface area contributed by atoms with E-state index in [0.717, 1.165) is 16.6 Å². The highest BCUT2D eigenvalue weighted by atomic mass is 15.0. The van der Waals surface area contributed by atoms with Gasteiger partial charge in [-0.25, -0.2) is 0 Å². The van der Waals surface area contributed by atoms with Crippen LogP contribution in [0.5, 0.6) is 0 Å². The number of pyridine rings is 1.